The van der Waals surface area contributed by atoms with Crippen LogP contribution < -0.4 is 5.32 Å². The van der Waals surface area contributed by atoms with Gasteiger partial charge >= 0.3 is 0 Å². The first-order chi connectivity index (χ1) is 6.16. The topological polar surface area (TPSA) is 12.0 Å². The van der Waals surface area contributed by atoms with Crippen LogP contribution in [0.4, 0.5) is 0 Å². The van der Waals surface area contributed by atoms with Crippen LogP contribution in [0.25, 0.3) is 0 Å². The van der Waals surface area contributed by atoms with Crippen molar-refractivity contribution in [1.82, 2.24) is 5.32 Å². The molecule has 0 fully saturated rings. The van der Waals surface area contributed by atoms with Gasteiger partial charge in [0.25, 0.3) is 0 Å². The van der Waals surface area contributed by atoms with E-state index in [4.69, 9.17) is 0 Å². The van der Waals surface area contributed by atoms with Gasteiger partial charge in [0, 0.05) is 6.04 Å². The minimum Gasteiger partial charge on any atom is -0.310 e. The van der Waals surface area contributed by atoms with E-state index in [-0.39, 0.29) is 0 Å². The van der Waals surface area contributed by atoms with Gasteiger partial charge in [-0.25, -0.2) is 0 Å². The van der Waals surface area contributed by atoms with Crippen LogP contribution in [0.1, 0.15) is 36.6 Å². The Kier molecular flexibility index (Phi) is 3.49. The second-order valence-electron chi connectivity index (χ2n) is 3.57. The summed E-state index contributed by atoms with van der Waals surface area (Å²) in [5.41, 5.74) is 4.21. The lowest BCUT2D eigenvalue weighted by Gasteiger charge is -2.16. The lowest BCUT2D eigenvalue weighted by Crippen LogP contribution is -2.18. The van der Waals surface area contributed by atoms with Crippen molar-refractivity contribution in [2.24, 2.45) is 0 Å². The number of benzene rings is 1. The Morgan fingerprint density at radius 2 is 2.00 bits per heavy atom. The van der Waals surface area contributed by atoms with Crippen LogP contribution in [-0.2, 0) is 0 Å². The smallest absolute Gasteiger partial charge is 0.0294 e. The van der Waals surface area contributed by atoms with Gasteiger partial charge < -0.3 is 5.32 Å². The van der Waals surface area contributed by atoms with E-state index in [9.17, 15) is 0 Å². The number of aryl methyl sites for hydroxylation is 1. The van der Waals surface area contributed by atoms with Crippen molar-refractivity contribution >= 4 is 0 Å². The molecule has 13 heavy (non-hydrogen) atoms. The number of nitrogens with one attached hydrogen (secondary N) is 1. The van der Waals surface area contributed by atoms with Gasteiger partial charge in [-0.05, 0) is 44.0 Å². The first-order valence-corrected chi connectivity index (χ1v) is 4.96. The van der Waals surface area contributed by atoms with E-state index >= 15 is 0 Å². The highest BCUT2D eigenvalue weighted by atomic mass is 14.9. The Balaban J connectivity index is 2.93. The molecule has 0 spiro atoms. The second-order valence-corrected chi connectivity index (χ2v) is 3.57. The molecule has 0 radical (unpaired) electrons. The summed E-state index contributed by atoms with van der Waals surface area (Å²) in [6, 6.07) is 6.96. The first kappa shape index (κ1) is 10.3. The summed E-state index contributed by atoms with van der Waals surface area (Å²) >= 11 is 0. The molecule has 1 rings (SSSR count). The molecule has 0 aliphatic rings. The number of hydrogen-bond acceptors (Lipinski definition) is 1. The zero-order valence-corrected chi connectivity index (χ0v) is 9.02. The van der Waals surface area contributed by atoms with Crippen molar-refractivity contribution in [3.05, 3.63) is 34.9 Å². The van der Waals surface area contributed by atoms with Gasteiger partial charge in [0.1, 0.15) is 0 Å². The van der Waals surface area contributed by atoms with Gasteiger partial charge in [0.05, 0.1) is 0 Å². The molecule has 0 bridgehead atoms. The van der Waals surface area contributed by atoms with Crippen LogP contribution in [-0.4, -0.2) is 6.54 Å². The quantitative estimate of drug-likeness (QED) is 0.748. The highest BCUT2D eigenvalue weighted by Gasteiger charge is 2.07. The average Bonchev–Trinajstić information content (AvgIpc) is 2.10. The summed E-state index contributed by atoms with van der Waals surface area (Å²) in [6.45, 7) is 9.73. The molecule has 1 N–H and O–H groups in total. The van der Waals surface area contributed by atoms with Crippen molar-refractivity contribution < 1.29 is 0 Å². The maximum atomic E-state index is 3.43. The fourth-order valence-electron chi connectivity index (χ4n) is 1.66. The predicted molar refractivity (Wildman–Crippen MR) is 58.0 cm³/mol. The van der Waals surface area contributed by atoms with E-state index in [0.717, 1.165) is 6.54 Å². The molecule has 72 valence electrons. The van der Waals surface area contributed by atoms with Crippen molar-refractivity contribution in [3.63, 3.8) is 0 Å². The molecule has 0 aromatic heterocycles. The van der Waals surface area contributed by atoms with E-state index in [1.54, 1.807) is 0 Å². The molecule has 1 atom stereocenters. The van der Waals surface area contributed by atoms with Crippen LogP contribution >= 0.6 is 0 Å². The van der Waals surface area contributed by atoms with Crippen molar-refractivity contribution in [2.45, 2.75) is 33.7 Å². The maximum Gasteiger partial charge on any atom is 0.0294 e. The molecule has 1 nitrogen and oxygen atoms in total. The summed E-state index contributed by atoms with van der Waals surface area (Å²) in [6.07, 6.45) is 0. The number of rotatable bonds is 3. The minimum absolute atomic E-state index is 0.463. The second kappa shape index (κ2) is 4.43. The van der Waals surface area contributed by atoms with E-state index in [1.165, 1.54) is 16.7 Å². The largest absolute Gasteiger partial charge is 0.310 e. The highest BCUT2D eigenvalue weighted by molar-refractivity contribution is 5.34. The Hall–Kier alpha value is -0.820. The molecular formula is C12H19N. The molecule has 0 aliphatic carbocycles. The molecule has 0 heterocycles. The average molecular weight is 177 g/mol. The third-order valence-corrected chi connectivity index (χ3v) is 2.62. The maximum absolute atomic E-state index is 3.43. The Bertz CT molecular complexity index is 278. The lowest BCUT2D eigenvalue weighted by atomic mass is 9.98. The van der Waals surface area contributed by atoms with E-state index in [2.05, 4.69) is 51.2 Å². The van der Waals surface area contributed by atoms with Crippen LogP contribution in [0.15, 0.2) is 18.2 Å². The van der Waals surface area contributed by atoms with Gasteiger partial charge in [0.15, 0.2) is 0 Å². The molecule has 1 unspecified atom stereocenters. The SMILES string of the molecule is CCNC(C)c1cccc(C)c1C. The third-order valence-electron chi connectivity index (χ3n) is 2.62. The predicted octanol–water partition coefficient (Wildman–Crippen LogP) is 2.97. The van der Waals surface area contributed by atoms with Crippen molar-refractivity contribution in [3.8, 4) is 0 Å². The first-order valence-electron chi connectivity index (χ1n) is 4.96. The standard InChI is InChI=1S/C12H19N/c1-5-13-11(4)12-8-6-7-9(2)10(12)3/h6-8,11,13H,5H2,1-4H3. The molecule has 0 aliphatic heterocycles. The highest BCUT2D eigenvalue weighted by Crippen LogP contribution is 2.19. The third kappa shape index (κ3) is 2.31. The van der Waals surface area contributed by atoms with Crippen molar-refractivity contribution in [2.75, 3.05) is 6.54 Å². The minimum atomic E-state index is 0.463. The molecule has 0 saturated heterocycles. The molecular weight excluding hydrogens is 158 g/mol. The van der Waals surface area contributed by atoms with Gasteiger partial charge in [0.2, 0.25) is 0 Å². The molecule has 1 aromatic carbocycles. The summed E-state index contributed by atoms with van der Waals surface area (Å²) in [4.78, 5) is 0. The van der Waals surface area contributed by atoms with Crippen LogP contribution in [0.5, 0.6) is 0 Å². The van der Waals surface area contributed by atoms with Crippen LogP contribution in [0.2, 0.25) is 0 Å². The van der Waals surface area contributed by atoms with Gasteiger partial charge in [-0.3, -0.25) is 0 Å². The molecule has 1 heteroatoms. The van der Waals surface area contributed by atoms with Crippen LogP contribution in [0, 0.1) is 13.8 Å². The molecule has 0 saturated carbocycles. The number of hydrogen-bond donors (Lipinski definition) is 1. The van der Waals surface area contributed by atoms with E-state index in [1.807, 2.05) is 0 Å². The Labute approximate surface area is 81.2 Å². The van der Waals surface area contributed by atoms with Gasteiger partial charge in [-0.2, -0.15) is 0 Å². The fraction of sp³-hybridized carbons (Fsp3) is 0.500. The normalized spacial score (nSPS) is 12.9. The van der Waals surface area contributed by atoms with Crippen LogP contribution in [0.3, 0.4) is 0 Å². The summed E-state index contributed by atoms with van der Waals surface area (Å²) < 4.78 is 0. The van der Waals surface area contributed by atoms with Crippen molar-refractivity contribution in [1.29, 1.82) is 0 Å². The zero-order valence-electron chi connectivity index (χ0n) is 9.02. The Morgan fingerprint density at radius 1 is 1.31 bits per heavy atom. The van der Waals surface area contributed by atoms with E-state index < -0.39 is 0 Å². The summed E-state index contributed by atoms with van der Waals surface area (Å²) in [5, 5.41) is 3.43. The summed E-state index contributed by atoms with van der Waals surface area (Å²) in [5.74, 6) is 0. The zero-order chi connectivity index (χ0) is 9.84. The molecule has 0 amide bonds. The molecule has 1 aromatic rings. The monoisotopic (exact) mass is 177 g/mol. The van der Waals surface area contributed by atoms with E-state index in [0.29, 0.717) is 6.04 Å². The summed E-state index contributed by atoms with van der Waals surface area (Å²) in [7, 11) is 0. The lowest BCUT2D eigenvalue weighted by molar-refractivity contribution is 0.595. The fourth-order valence-corrected chi connectivity index (χ4v) is 1.66. The van der Waals surface area contributed by atoms with Gasteiger partial charge in [-0.1, -0.05) is 25.1 Å². The Morgan fingerprint density at radius 3 is 2.62 bits per heavy atom. The van der Waals surface area contributed by atoms with Gasteiger partial charge in [-0.15, -0.1) is 0 Å².